The lowest BCUT2D eigenvalue weighted by atomic mass is 10.1. The molecule has 0 aliphatic carbocycles. The maximum Gasteiger partial charge on any atom is 0.212 e. The summed E-state index contributed by atoms with van der Waals surface area (Å²) in [5.74, 6) is 0.815. The zero-order valence-electron chi connectivity index (χ0n) is 13.3. The third-order valence-corrected chi connectivity index (χ3v) is 5.13. The first-order chi connectivity index (χ1) is 10.4. The van der Waals surface area contributed by atoms with Crippen LogP contribution in [0.3, 0.4) is 0 Å². The zero-order valence-corrected chi connectivity index (χ0v) is 14.1. The molecule has 1 aromatic heterocycles. The van der Waals surface area contributed by atoms with Gasteiger partial charge in [-0.15, -0.1) is 0 Å². The Balaban J connectivity index is 2.03. The molecule has 0 spiro atoms. The Morgan fingerprint density at radius 1 is 1.45 bits per heavy atom. The van der Waals surface area contributed by atoms with Crippen LogP contribution in [0.25, 0.3) is 0 Å². The molecule has 7 heteroatoms. The highest BCUT2D eigenvalue weighted by atomic mass is 32.2. The molecule has 0 saturated carbocycles. The highest BCUT2D eigenvalue weighted by Gasteiger charge is 2.31. The monoisotopic (exact) mass is 328 g/mol. The van der Waals surface area contributed by atoms with Crippen molar-refractivity contribution in [2.75, 3.05) is 19.0 Å². The molecule has 1 aromatic rings. The molecule has 22 heavy (non-hydrogen) atoms. The molecule has 1 fully saturated rings. The van der Waals surface area contributed by atoms with Gasteiger partial charge in [0.2, 0.25) is 10.0 Å². The molecule has 1 aliphatic heterocycles. The van der Waals surface area contributed by atoms with Gasteiger partial charge in [-0.3, -0.25) is 4.98 Å². The minimum atomic E-state index is -3.31. The second-order valence-electron chi connectivity index (χ2n) is 6.05. The topological polar surface area (TPSA) is 77.5 Å². The second-order valence-corrected chi connectivity index (χ2v) is 7.85. The van der Waals surface area contributed by atoms with Gasteiger partial charge in [0.25, 0.3) is 0 Å². The minimum absolute atomic E-state index is 0.0815. The van der Waals surface area contributed by atoms with E-state index in [1.807, 2.05) is 32.9 Å². The summed E-state index contributed by atoms with van der Waals surface area (Å²) in [5.41, 5.74) is 0.904. The standard InChI is InChI=1S/C15H24N2O4S/c1-11(2)10-22(18,19)17-14-6-7-20-9-15(14)21-13-5-4-12(3)16-8-13/h4-5,8,11,14-15,17H,6-7,9-10H2,1-3H3/t14-,15+/m0/s1. The van der Waals surface area contributed by atoms with E-state index in [0.29, 0.717) is 25.4 Å². The molecule has 0 aromatic carbocycles. The fraction of sp³-hybridized carbons (Fsp3) is 0.667. The first kappa shape index (κ1) is 17.2. The van der Waals surface area contributed by atoms with Gasteiger partial charge in [-0.2, -0.15) is 0 Å². The largest absolute Gasteiger partial charge is 0.485 e. The Kier molecular flexibility index (Phi) is 5.77. The quantitative estimate of drug-likeness (QED) is 0.856. The molecule has 124 valence electrons. The van der Waals surface area contributed by atoms with Crippen LogP contribution in [-0.4, -0.2) is 44.5 Å². The first-order valence-electron chi connectivity index (χ1n) is 7.53. The predicted octanol–water partition coefficient (Wildman–Crippen LogP) is 1.50. The highest BCUT2D eigenvalue weighted by molar-refractivity contribution is 7.89. The molecule has 1 aliphatic rings. The van der Waals surface area contributed by atoms with E-state index in [2.05, 4.69) is 9.71 Å². The van der Waals surface area contributed by atoms with E-state index in [0.717, 1.165) is 5.69 Å². The third-order valence-electron chi connectivity index (χ3n) is 3.36. The van der Waals surface area contributed by atoms with Crippen molar-refractivity contribution < 1.29 is 17.9 Å². The van der Waals surface area contributed by atoms with E-state index in [1.54, 1.807) is 6.20 Å². The Labute approximate surface area is 132 Å². The lowest BCUT2D eigenvalue weighted by Crippen LogP contribution is -2.52. The van der Waals surface area contributed by atoms with E-state index in [-0.39, 0.29) is 23.8 Å². The number of hydrogen-bond acceptors (Lipinski definition) is 5. The molecule has 1 saturated heterocycles. The SMILES string of the molecule is Cc1ccc(O[C@@H]2COCC[C@@H]2NS(=O)(=O)CC(C)C)cn1. The minimum Gasteiger partial charge on any atom is -0.485 e. The molecular formula is C15H24N2O4S. The summed E-state index contributed by atoms with van der Waals surface area (Å²) in [7, 11) is -3.31. The van der Waals surface area contributed by atoms with Crippen LogP contribution in [0.1, 0.15) is 26.0 Å². The molecule has 2 rings (SSSR count). The Morgan fingerprint density at radius 3 is 2.86 bits per heavy atom. The average molecular weight is 328 g/mol. The van der Waals surface area contributed by atoms with Crippen LogP contribution < -0.4 is 9.46 Å². The molecule has 2 heterocycles. The number of aryl methyl sites for hydroxylation is 1. The van der Waals surface area contributed by atoms with Crippen LogP contribution in [0.15, 0.2) is 18.3 Å². The summed E-state index contributed by atoms with van der Waals surface area (Å²) in [6.07, 6.45) is 1.89. The third kappa shape index (κ3) is 5.23. The summed E-state index contributed by atoms with van der Waals surface area (Å²) in [6.45, 7) is 6.56. The number of hydrogen-bond donors (Lipinski definition) is 1. The van der Waals surface area contributed by atoms with Crippen LogP contribution in [0.2, 0.25) is 0 Å². The van der Waals surface area contributed by atoms with Crippen molar-refractivity contribution in [3.05, 3.63) is 24.0 Å². The number of aromatic nitrogens is 1. The van der Waals surface area contributed by atoms with Crippen molar-refractivity contribution in [3.8, 4) is 5.75 Å². The summed E-state index contributed by atoms with van der Waals surface area (Å²) in [5, 5.41) is 0. The molecule has 0 unspecified atom stereocenters. The van der Waals surface area contributed by atoms with Crippen LogP contribution in [0, 0.1) is 12.8 Å². The number of ether oxygens (including phenoxy) is 2. The smallest absolute Gasteiger partial charge is 0.212 e. The first-order valence-corrected chi connectivity index (χ1v) is 9.18. The number of sulfonamides is 1. The van der Waals surface area contributed by atoms with Gasteiger partial charge in [0.05, 0.1) is 24.6 Å². The fourth-order valence-electron chi connectivity index (χ4n) is 2.38. The lowest BCUT2D eigenvalue weighted by Gasteiger charge is -2.32. The van der Waals surface area contributed by atoms with Gasteiger partial charge in [-0.05, 0) is 31.4 Å². The zero-order chi connectivity index (χ0) is 16.2. The van der Waals surface area contributed by atoms with Crippen molar-refractivity contribution in [2.45, 2.75) is 39.3 Å². The molecule has 0 radical (unpaired) electrons. The summed E-state index contributed by atoms with van der Waals surface area (Å²) in [4.78, 5) is 4.18. The van der Waals surface area contributed by atoms with Gasteiger partial charge in [0.15, 0.2) is 0 Å². The van der Waals surface area contributed by atoms with Gasteiger partial charge in [-0.25, -0.2) is 13.1 Å². The summed E-state index contributed by atoms with van der Waals surface area (Å²) in [6, 6.07) is 3.41. The maximum atomic E-state index is 12.1. The lowest BCUT2D eigenvalue weighted by molar-refractivity contribution is -0.00942. The maximum absolute atomic E-state index is 12.1. The van der Waals surface area contributed by atoms with Crippen LogP contribution in [0.5, 0.6) is 5.75 Å². The number of pyridine rings is 1. The van der Waals surface area contributed by atoms with Crippen molar-refractivity contribution in [1.82, 2.24) is 9.71 Å². The van der Waals surface area contributed by atoms with E-state index < -0.39 is 10.0 Å². The molecule has 0 bridgehead atoms. The van der Waals surface area contributed by atoms with Crippen molar-refractivity contribution >= 4 is 10.0 Å². The number of nitrogens with one attached hydrogen (secondary N) is 1. The Hall–Kier alpha value is -1.18. The molecular weight excluding hydrogens is 304 g/mol. The Morgan fingerprint density at radius 2 is 2.23 bits per heavy atom. The van der Waals surface area contributed by atoms with Crippen LogP contribution in [-0.2, 0) is 14.8 Å². The van der Waals surface area contributed by atoms with Gasteiger partial charge < -0.3 is 9.47 Å². The van der Waals surface area contributed by atoms with Gasteiger partial charge in [0.1, 0.15) is 11.9 Å². The van der Waals surface area contributed by atoms with Gasteiger partial charge in [-0.1, -0.05) is 13.8 Å². The van der Waals surface area contributed by atoms with Crippen LogP contribution >= 0.6 is 0 Å². The molecule has 1 N–H and O–H groups in total. The van der Waals surface area contributed by atoms with E-state index in [1.165, 1.54) is 0 Å². The molecule has 6 nitrogen and oxygen atoms in total. The average Bonchev–Trinajstić information content (AvgIpc) is 2.41. The Bertz CT molecular complexity index is 572. The highest BCUT2D eigenvalue weighted by Crippen LogP contribution is 2.18. The molecule has 2 atom stereocenters. The normalized spacial score (nSPS) is 22.7. The fourth-order valence-corrected chi connectivity index (χ4v) is 4.08. The van der Waals surface area contributed by atoms with Gasteiger partial charge >= 0.3 is 0 Å². The van der Waals surface area contributed by atoms with E-state index >= 15 is 0 Å². The molecule has 0 amide bonds. The second kappa shape index (κ2) is 7.39. The van der Waals surface area contributed by atoms with Crippen LogP contribution in [0.4, 0.5) is 0 Å². The van der Waals surface area contributed by atoms with Crippen molar-refractivity contribution in [3.63, 3.8) is 0 Å². The van der Waals surface area contributed by atoms with E-state index in [4.69, 9.17) is 9.47 Å². The van der Waals surface area contributed by atoms with E-state index in [9.17, 15) is 8.42 Å². The summed E-state index contributed by atoms with van der Waals surface area (Å²) >= 11 is 0. The number of nitrogens with zero attached hydrogens (tertiary/aromatic N) is 1. The summed E-state index contributed by atoms with van der Waals surface area (Å²) < 4.78 is 38.3. The number of rotatable bonds is 6. The predicted molar refractivity (Wildman–Crippen MR) is 84.4 cm³/mol. The van der Waals surface area contributed by atoms with Crippen molar-refractivity contribution in [2.24, 2.45) is 5.92 Å². The van der Waals surface area contributed by atoms with Crippen molar-refractivity contribution in [1.29, 1.82) is 0 Å². The van der Waals surface area contributed by atoms with Gasteiger partial charge in [0, 0.05) is 12.3 Å².